The van der Waals surface area contributed by atoms with E-state index in [4.69, 9.17) is 5.73 Å². The van der Waals surface area contributed by atoms with Gasteiger partial charge in [0, 0.05) is 25.6 Å². The third kappa shape index (κ3) is 10.3. The maximum absolute atomic E-state index is 11.6. The number of carbonyl (C=O) groups is 1. The van der Waals surface area contributed by atoms with Crippen LogP contribution in [0.2, 0.25) is 0 Å². The summed E-state index contributed by atoms with van der Waals surface area (Å²) in [5.74, 6) is 0.766. The molecule has 17 heavy (non-hydrogen) atoms. The second-order valence-electron chi connectivity index (χ2n) is 5.31. The summed E-state index contributed by atoms with van der Waals surface area (Å²) in [5.41, 5.74) is 5.52. The van der Waals surface area contributed by atoms with Crippen LogP contribution in [0.4, 0.5) is 0 Å². The molecule has 3 N–H and O–H groups in total. The number of carbonyl (C=O) groups excluding carboxylic acids is 1. The third-order valence-electron chi connectivity index (χ3n) is 2.41. The molecule has 0 saturated heterocycles. The Labute approximate surface area is 106 Å². The van der Waals surface area contributed by atoms with Crippen LogP contribution in [-0.4, -0.2) is 43.0 Å². The van der Waals surface area contributed by atoms with E-state index in [0.29, 0.717) is 18.9 Å². The van der Waals surface area contributed by atoms with E-state index in [1.54, 1.807) is 0 Å². The predicted octanol–water partition coefficient (Wildman–Crippen LogP) is 1.21. The maximum Gasteiger partial charge on any atom is 0.221 e. The van der Waals surface area contributed by atoms with Crippen LogP contribution in [0.5, 0.6) is 0 Å². The molecule has 0 aliphatic rings. The van der Waals surface area contributed by atoms with Crippen LogP contribution in [0, 0.1) is 5.92 Å². The first kappa shape index (κ1) is 16.4. The van der Waals surface area contributed by atoms with Crippen molar-refractivity contribution in [3.8, 4) is 0 Å². The Morgan fingerprint density at radius 1 is 1.24 bits per heavy atom. The number of hydrogen-bond acceptors (Lipinski definition) is 3. The Morgan fingerprint density at radius 2 is 1.88 bits per heavy atom. The van der Waals surface area contributed by atoms with Crippen LogP contribution in [0.15, 0.2) is 0 Å². The number of nitrogens with zero attached hydrogens (tertiary/aromatic N) is 1. The van der Waals surface area contributed by atoms with Gasteiger partial charge >= 0.3 is 0 Å². The lowest BCUT2D eigenvalue weighted by Gasteiger charge is -2.24. The smallest absolute Gasteiger partial charge is 0.221 e. The van der Waals surface area contributed by atoms with Gasteiger partial charge in [-0.15, -0.1) is 0 Å². The minimum absolute atomic E-state index is 0.140. The second kappa shape index (κ2) is 9.42. The van der Waals surface area contributed by atoms with E-state index in [1.807, 2.05) is 13.8 Å². The monoisotopic (exact) mass is 243 g/mol. The Hall–Kier alpha value is -0.610. The van der Waals surface area contributed by atoms with Crippen molar-refractivity contribution < 1.29 is 4.79 Å². The van der Waals surface area contributed by atoms with Crippen LogP contribution in [0.1, 0.15) is 40.5 Å². The van der Waals surface area contributed by atoms with Gasteiger partial charge in [-0.05, 0) is 39.3 Å². The summed E-state index contributed by atoms with van der Waals surface area (Å²) in [6, 6.07) is 0.227. The van der Waals surface area contributed by atoms with Gasteiger partial charge in [-0.2, -0.15) is 0 Å². The van der Waals surface area contributed by atoms with Crippen LogP contribution in [0.3, 0.4) is 0 Å². The van der Waals surface area contributed by atoms with E-state index < -0.39 is 0 Å². The summed E-state index contributed by atoms with van der Waals surface area (Å²) in [6.07, 6.45) is 1.58. The lowest BCUT2D eigenvalue weighted by atomic mass is 10.2. The highest BCUT2D eigenvalue weighted by molar-refractivity contribution is 5.76. The molecule has 4 nitrogen and oxygen atoms in total. The first-order valence-electron chi connectivity index (χ1n) is 6.67. The van der Waals surface area contributed by atoms with Crippen molar-refractivity contribution in [2.45, 2.75) is 46.6 Å². The molecule has 0 fully saturated rings. The summed E-state index contributed by atoms with van der Waals surface area (Å²) in [7, 11) is 0. The highest BCUT2D eigenvalue weighted by Gasteiger charge is 2.10. The number of rotatable bonds is 9. The fourth-order valence-corrected chi connectivity index (χ4v) is 1.78. The van der Waals surface area contributed by atoms with E-state index >= 15 is 0 Å². The average Bonchev–Trinajstić information content (AvgIpc) is 2.20. The maximum atomic E-state index is 11.6. The molecule has 0 atom stereocenters. The minimum atomic E-state index is 0.140. The fourth-order valence-electron chi connectivity index (χ4n) is 1.78. The van der Waals surface area contributed by atoms with Crippen molar-refractivity contribution in [3.63, 3.8) is 0 Å². The van der Waals surface area contributed by atoms with Crippen molar-refractivity contribution in [2.24, 2.45) is 11.7 Å². The van der Waals surface area contributed by atoms with Crippen LogP contribution < -0.4 is 11.1 Å². The fraction of sp³-hybridized carbons (Fsp3) is 0.923. The lowest BCUT2D eigenvalue weighted by molar-refractivity contribution is -0.121. The molecule has 0 aliphatic heterocycles. The molecule has 4 heteroatoms. The Morgan fingerprint density at radius 3 is 2.35 bits per heavy atom. The van der Waals surface area contributed by atoms with E-state index in [9.17, 15) is 4.79 Å². The molecular weight excluding hydrogens is 214 g/mol. The average molecular weight is 243 g/mol. The van der Waals surface area contributed by atoms with E-state index in [2.05, 4.69) is 24.1 Å². The van der Waals surface area contributed by atoms with Crippen molar-refractivity contribution >= 4 is 5.91 Å². The van der Waals surface area contributed by atoms with Crippen LogP contribution >= 0.6 is 0 Å². The first-order chi connectivity index (χ1) is 7.95. The van der Waals surface area contributed by atoms with Gasteiger partial charge in [0.1, 0.15) is 0 Å². The molecule has 1 amide bonds. The highest BCUT2D eigenvalue weighted by atomic mass is 16.1. The SMILES string of the molecule is CC(C)CN(CCCN)CCC(=O)NC(C)C. The number of nitrogens with one attached hydrogen (secondary N) is 1. The lowest BCUT2D eigenvalue weighted by Crippen LogP contribution is -2.36. The predicted molar refractivity (Wildman–Crippen MR) is 72.8 cm³/mol. The highest BCUT2D eigenvalue weighted by Crippen LogP contribution is 2.01. The van der Waals surface area contributed by atoms with Crippen molar-refractivity contribution in [3.05, 3.63) is 0 Å². The van der Waals surface area contributed by atoms with Crippen molar-refractivity contribution in [1.29, 1.82) is 0 Å². The molecular formula is C13H29N3O. The van der Waals surface area contributed by atoms with Crippen LogP contribution in [0.25, 0.3) is 0 Å². The van der Waals surface area contributed by atoms with Gasteiger partial charge < -0.3 is 16.0 Å². The summed E-state index contributed by atoms with van der Waals surface area (Å²) >= 11 is 0. The Bertz CT molecular complexity index is 205. The zero-order chi connectivity index (χ0) is 13.3. The summed E-state index contributed by atoms with van der Waals surface area (Å²) in [4.78, 5) is 13.9. The van der Waals surface area contributed by atoms with Gasteiger partial charge in [0.15, 0.2) is 0 Å². The molecule has 0 rings (SSSR count). The molecule has 0 saturated carbocycles. The zero-order valence-corrected chi connectivity index (χ0v) is 11.8. The first-order valence-corrected chi connectivity index (χ1v) is 6.67. The summed E-state index contributed by atoms with van der Waals surface area (Å²) in [6.45, 7) is 11.9. The number of hydrogen-bond donors (Lipinski definition) is 2. The summed E-state index contributed by atoms with van der Waals surface area (Å²) < 4.78 is 0. The molecule has 0 aromatic rings. The second-order valence-corrected chi connectivity index (χ2v) is 5.31. The van der Waals surface area contributed by atoms with Gasteiger partial charge in [0.05, 0.1) is 0 Å². The molecule has 102 valence electrons. The van der Waals surface area contributed by atoms with Crippen molar-refractivity contribution in [2.75, 3.05) is 26.2 Å². The molecule has 0 spiro atoms. The molecule has 0 aromatic carbocycles. The van der Waals surface area contributed by atoms with E-state index in [0.717, 1.165) is 26.1 Å². The largest absolute Gasteiger partial charge is 0.354 e. The van der Waals surface area contributed by atoms with Gasteiger partial charge in [0.25, 0.3) is 0 Å². The molecule has 0 aromatic heterocycles. The molecule has 0 aliphatic carbocycles. The Kier molecular flexibility index (Phi) is 9.09. The summed E-state index contributed by atoms with van der Waals surface area (Å²) in [5, 5.41) is 2.92. The minimum Gasteiger partial charge on any atom is -0.354 e. The van der Waals surface area contributed by atoms with Gasteiger partial charge in [-0.3, -0.25) is 4.79 Å². The van der Waals surface area contributed by atoms with Gasteiger partial charge in [0.2, 0.25) is 5.91 Å². The van der Waals surface area contributed by atoms with Crippen molar-refractivity contribution in [1.82, 2.24) is 10.2 Å². The van der Waals surface area contributed by atoms with E-state index in [1.165, 1.54) is 0 Å². The van der Waals surface area contributed by atoms with E-state index in [-0.39, 0.29) is 11.9 Å². The zero-order valence-electron chi connectivity index (χ0n) is 11.8. The third-order valence-corrected chi connectivity index (χ3v) is 2.41. The normalized spacial score (nSPS) is 11.5. The molecule has 0 unspecified atom stereocenters. The standard InChI is InChI=1S/C13H29N3O/c1-11(2)10-16(8-5-7-14)9-6-13(17)15-12(3)4/h11-12H,5-10,14H2,1-4H3,(H,15,17). The molecule has 0 bridgehead atoms. The topological polar surface area (TPSA) is 58.4 Å². The number of amides is 1. The number of nitrogens with two attached hydrogens (primary N) is 1. The van der Waals surface area contributed by atoms with Crippen LogP contribution in [-0.2, 0) is 4.79 Å². The molecule has 0 radical (unpaired) electrons. The van der Waals surface area contributed by atoms with Gasteiger partial charge in [-0.1, -0.05) is 13.8 Å². The Balaban J connectivity index is 3.92. The van der Waals surface area contributed by atoms with Gasteiger partial charge in [-0.25, -0.2) is 0 Å². The molecule has 0 heterocycles. The quantitative estimate of drug-likeness (QED) is 0.640.